The van der Waals surface area contributed by atoms with Crippen molar-refractivity contribution in [3.8, 4) is 11.5 Å². The van der Waals surface area contributed by atoms with Crippen LogP contribution in [-0.4, -0.2) is 35.4 Å². The number of amides is 1. The Morgan fingerprint density at radius 1 is 1.41 bits per heavy atom. The number of benzene rings is 1. The molecule has 116 valence electrons. The summed E-state index contributed by atoms with van der Waals surface area (Å²) in [5.41, 5.74) is 0.864. The molecule has 2 rings (SSSR count). The van der Waals surface area contributed by atoms with Crippen molar-refractivity contribution in [2.75, 3.05) is 20.3 Å². The van der Waals surface area contributed by atoms with Crippen LogP contribution >= 0.6 is 24.0 Å². The van der Waals surface area contributed by atoms with E-state index in [1.807, 2.05) is 31.2 Å². The van der Waals surface area contributed by atoms with Crippen molar-refractivity contribution >= 4 is 40.3 Å². The Morgan fingerprint density at radius 3 is 2.82 bits per heavy atom. The van der Waals surface area contributed by atoms with Gasteiger partial charge in [0.2, 0.25) is 0 Å². The zero-order chi connectivity index (χ0) is 16.1. The van der Waals surface area contributed by atoms with Crippen molar-refractivity contribution in [3.05, 3.63) is 41.3 Å². The molecule has 1 fully saturated rings. The highest BCUT2D eigenvalue weighted by atomic mass is 32.2. The third-order valence-corrected chi connectivity index (χ3v) is 4.35. The molecular formula is C16H17NO3S2. The summed E-state index contributed by atoms with van der Waals surface area (Å²) in [4.78, 5) is 14.4. The molecule has 6 heteroatoms. The molecule has 1 amide bonds. The molecule has 0 bridgehead atoms. The van der Waals surface area contributed by atoms with Gasteiger partial charge in [0.15, 0.2) is 11.5 Å². The summed E-state index contributed by atoms with van der Waals surface area (Å²) in [5, 5.41) is 0. The topological polar surface area (TPSA) is 38.8 Å². The highest BCUT2D eigenvalue weighted by Gasteiger charge is 2.30. The molecule has 0 N–H and O–H groups in total. The average molecular weight is 335 g/mol. The van der Waals surface area contributed by atoms with Gasteiger partial charge in [-0.15, -0.1) is 6.58 Å². The summed E-state index contributed by atoms with van der Waals surface area (Å²) < 4.78 is 11.3. The first-order chi connectivity index (χ1) is 10.6. The van der Waals surface area contributed by atoms with Crippen molar-refractivity contribution in [2.24, 2.45) is 0 Å². The van der Waals surface area contributed by atoms with Gasteiger partial charge in [-0.3, -0.25) is 9.69 Å². The number of methoxy groups -OCH3 is 1. The van der Waals surface area contributed by atoms with Gasteiger partial charge in [0.1, 0.15) is 4.32 Å². The van der Waals surface area contributed by atoms with Crippen LogP contribution in [0.5, 0.6) is 11.5 Å². The van der Waals surface area contributed by atoms with E-state index in [4.69, 9.17) is 21.7 Å². The number of ether oxygens (including phenoxy) is 2. The lowest BCUT2D eigenvalue weighted by Gasteiger charge is -2.11. The highest BCUT2D eigenvalue weighted by molar-refractivity contribution is 8.26. The van der Waals surface area contributed by atoms with Crippen LogP contribution in [0.4, 0.5) is 0 Å². The van der Waals surface area contributed by atoms with E-state index in [-0.39, 0.29) is 5.91 Å². The van der Waals surface area contributed by atoms with Crippen molar-refractivity contribution in [2.45, 2.75) is 6.92 Å². The third kappa shape index (κ3) is 3.51. The molecule has 0 aromatic heterocycles. The van der Waals surface area contributed by atoms with Crippen molar-refractivity contribution < 1.29 is 14.3 Å². The Kier molecular flexibility index (Phi) is 5.63. The number of nitrogens with zero attached hydrogens (tertiary/aromatic N) is 1. The Balaban J connectivity index is 2.29. The van der Waals surface area contributed by atoms with E-state index in [9.17, 15) is 4.79 Å². The van der Waals surface area contributed by atoms with Gasteiger partial charge in [-0.05, 0) is 30.7 Å². The zero-order valence-corrected chi connectivity index (χ0v) is 14.1. The monoisotopic (exact) mass is 335 g/mol. The summed E-state index contributed by atoms with van der Waals surface area (Å²) >= 11 is 6.51. The van der Waals surface area contributed by atoms with E-state index in [0.29, 0.717) is 33.9 Å². The molecule has 1 heterocycles. The number of carbonyl (C=O) groups excluding carboxylic acids is 1. The molecule has 22 heavy (non-hydrogen) atoms. The van der Waals surface area contributed by atoms with Crippen LogP contribution in [0.1, 0.15) is 12.5 Å². The van der Waals surface area contributed by atoms with Gasteiger partial charge < -0.3 is 9.47 Å². The van der Waals surface area contributed by atoms with E-state index in [1.165, 1.54) is 16.7 Å². The molecule has 0 aliphatic carbocycles. The standard InChI is InChI=1S/C16H17NO3S2/c1-4-8-17-15(18)14(22-16(17)21)10-11-6-7-12(19-3)13(9-11)20-5-2/h4,6-7,9-10H,1,5,8H2,2-3H3/b14-10+. The van der Waals surface area contributed by atoms with Gasteiger partial charge in [0.05, 0.1) is 18.6 Å². The number of carbonyl (C=O) groups is 1. The quantitative estimate of drug-likeness (QED) is 0.452. The fourth-order valence-corrected chi connectivity index (χ4v) is 3.26. The fourth-order valence-electron chi connectivity index (χ4n) is 1.99. The van der Waals surface area contributed by atoms with Gasteiger partial charge in [0.25, 0.3) is 5.91 Å². The average Bonchev–Trinajstić information content (AvgIpc) is 2.76. The predicted octanol–water partition coefficient (Wildman–Crippen LogP) is 3.48. The minimum Gasteiger partial charge on any atom is -0.493 e. The van der Waals surface area contributed by atoms with Gasteiger partial charge in [-0.1, -0.05) is 36.1 Å². The lowest BCUT2D eigenvalue weighted by Crippen LogP contribution is -2.27. The largest absolute Gasteiger partial charge is 0.493 e. The van der Waals surface area contributed by atoms with Crippen LogP contribution < -0.4 is 9.47 Å². The predicted molar refractivity (Wildman–Crippen MR) is 94.2 cm³/mol. The maximum Gasteiger partial charge on any atom is 0.266 e. The fraction of sp³-hybridized carbons (Fsp3) is 0.250. The van der Waals surface area contributed by atoms with E-state index in [0.717, 1.165) is 5.56 Å². The first-order valence-corrected chi connectivity index (χ1v) is 8.00. The van der Waals surface area contributed by atoms with Crippen LogP contribution in [0.3, 0.4) is 0 Å². The molecule has 1 aromatic carbocycles. The number of hydrogen-bond acceptors (Lipinski definition) is 5. The molecule has 1 saturated heterocycles. The maximum atomic E-state index is 12.3. The maximum absolute atomic E-state index is 12.3. The molecule has 1 aliphatic heterocycles. The first kappa shape index (κ1) is 16.6. The van der Waals surface area contributed by atoms with E-state index < -0.39 is 0 Å². The van der Waals surface area contributed by atoms with Crippen LogP contribution in [0.2, 0.25) is 0 Å². The van der Waals surface area contributed by atoms with Gasteiger partial charge >= 0.3 is 0 Å². The van der Waals surface area contributed by atoms with Crippen LogP contribution in [0.15, 0.2) is 35.8 Å². The Labute approximate surface area is 139 Å². The number of rotatable bonds is 6. The molecule has 1 aliphatic rings. The minimum absolute atomic E-state index is 0.0938. The second kappa shape index (κ2) is 7.47. The molecule has 0 atom stereocenters. The van der Waals surface area contributed by atoms with Crippen LogP contribution in [-0.2, 0) is 4.79 Å². The molecule has 0 saturated carbocycles. The Hall–Kier alpha value is -1.79. The van der Waals surface area contributed by atoms with Crippen molar-refractivity contribution in [3.63, 3.8) is 0 Å². The van der Waals surface area contributed by atoms with Gasteiger partial charge in [0, 0.05) is 6.54 Å². The molecule has 0 spiro atoms. The normalized spacial score (nSPS) is 16.3. The summed E-state index contributed by atoms with van der Waals surface area (Å²) in [6, 6.07) is 5.55. The number of thiocarbonyl (C=S) groups is 1. The summed E-state index contributed by atoms with van der Waals surface area (Å²) in [5.74, 6) is 1.22. The second-order valence-corrected chi connectivity index (χ2v) is 6.10. The Morgan fingerprint density at radius 2 is 2.18 bits per heavy atom. The number of hydrogen-bond donors (Lipinski definition) is 0. The van der Waals surface area contributed by atoms with Gasteiger partial charge in [-0.2, -0.15) is 0 Å². The molecule has 1 aromatic rings. The summed E-state index contributed by atoms with van der Waals surface area (Å²) in [7, 11) is 1.60. The highest BCUT2D eigenvalue weighted by Crippen LogP contribution is 2.34. The van der Waals surface area contributed by atoms with E-state index in [2.05, 4.69) is 6.58 Å². The van der Waals surface area contributed by atoms with E-state index >= 15 is 0 Å². The molecule has 4 nitrogen and oxygen atoms in total. The summed E-state index contributed by atoms with van der Waals surface area (Å²) in [6.45, 7) is 6.52. The zero-order valence-electron chi connectivity index (χ0n) is 12.5. The minimum atomic E-state index is -0.0938. The molecular weight excluding hydrogens is 318 g/mol. The second-order valence-electron chi connectivity index (χ2n) is 4.42. The lowest BCUT2D eigenvalue weighted by atomic mass is 10.2. The van der Waals surface area contributed by atoms with Gasteiger partial charge in [-0.25, -0.2) is 0 Å². The smallest absolute Gasteiger partial charge is 0.266 e. The first-order valence-electron chi connectivity index (χ1n) is 6.77. The molecule has 0 radical (unpaired) electrons. The van der Waals surface area contributed by atoms with E-state index in [1.54, 1.807) is 13.2 Å². The number of thioether (sulfide) groups is 1. The van der Waals surface area contributed by atoms with Crippen molar-refractivity contribution in [1.82, 2.24) is 4.90 Å². The van der Waals surface area contributed by atoms with Crippen molar-refractivity contribution in [1.29, 1.82) is 0 Å². The molecule has 0 unspecified atom stereocenters. The Bertz CT molecular complexity index is 640. The van der Waals surface area contributed by atoms with Crippen LogP contribution in [0, 0.1) is 0 Å². The van der Waals surface area contributed by atoms with Crippen LogP contribution in [0.25, 0.3) is 6.08 Å². The third-order valence-electron chi connectivity index (χ3n) is 2.97. The summed E-state index contributed by atoms with van der Waals surface area (Å²) in [6.07, 6.45) is 3.47. The SMILES string of the molecule is C=CCN1C(=O)/C(=C\c2ccc(OC)c(OCC)c2)SC1=S. The lowest BCUT2D eigenvalue weighted by molar-refractivity contribution is -0.121.